The molecule has 1 aromatic heterocycles. The summed E-state index contributed by atoms with van der Waals surface area (Å²) in [6.07, 6.45) is 3.63. The number of anilines is 1. The molecule has 0 saturated carbocycles. The van der Waals surface area contributed by atoms with Gasteiger partial charge in [-0.3, -0.25) is 0 Å². The number of aromatic nitrogens is 1. The van der Waals surface area contributed by atoms with E-state index in [0.717, 1.165) is 11.4 Å². The molecule has 6 heteroatoms. The molecule has 3 aromatic rings. The first-order valence-corrected chi connectivity index (χ1v) is 9.57. The lowest BCUT2D eigenvalue weighted by Gasteiger charge is -2.11. The van der Waals surface area contributed by atoms with Crippen molar-refractivity contribution in [2.75, 3.05) is 11.9 Å². The minimum Gasteiger partial charge on any atom is -0.502 e. The number of ether oxygens (including phenoxy) is 1. The third-order valence-corrected chi connectivity index (χ3v) is 4.59. The summed E-state index contributed by atoms with van der Waals surface area (Å²) in [7, 11) is 0. The lowest BCUT2D eigenvalue weighted by Crippen LogP contribution is -2.38. The number of nitrogens with one attached hydrogen (secondary N) is 1. The Labute approximate surface area is 174 Å². The number of nitrogens with zero attached hydrogens (tertiary/aromatic N) is 1. The Kier molecular flexibility index (Phi) is 6.63. The molecule has 2 aromatic carbocycles. The molecular weight excluding hydrogens is 392 g/mol. The van der Waals surface area contributed by atoms with Crippen LogP contribution in [-0.4, -0.2) is 16.7 Å². The first-order chi connectivity index (χ1) is 13.6. The Hall–Kier alpha value is -2.89. The van der Waals surface area contributed by atoms with Gasteiger partial charge in [0.05, 0.1) is 11.6 Å². The molecule has 0 saturated heterocycles. The highest BCUT2D eigenvalue weighted by molar-refractivity contribution is 7.81. The van der Waals surface area contributed by atoms with Gasteiger partial charge >= 0.3 is 0 Å². The normalized spacial score (nSPS) is 11.5. The van der Waals surface area contributed by atoms with Crippen molar-refractivity contribution in [2.24, 2.45) is 0 Å². The number of pyridine rings is 1. The van der Waals surface area contributed by atoms with Crippen molar-refractivity contribution in [3.8, 4) is 5.75 Å². The SMILES string of the molecule is CCOc1ccc(NC(=S)/C(=C(\O)c2ccccc2Cl)[n+]2ccccc2)cc1. The summed E-state index contributed by atoms with van der Waals surface area (Å²) >= 11 is 11.9. The summed E-state index contributed by atoms with van der Waals surface area (Å²) in [5.41, 5.74) is 1.72. The highest BCUT2D eigenvalue weighted by Crippen LogP contribution is 2.25. The highest BCUT2D eigenvalue weighted by atomic mass is 35.5. The summed E-state index contributed by atoms with van der Waals surface area (Å²) in [6.45, 7) is 2.54. The maximum absolute atomic E-state index is 11.0. The second-order valence-corrected chi connectivity index (χ2v) is 6.69. The summed E-state index contributed by atoms with van der Waals surface area (Å²) in [5.74, 6) is 0.774. The Balaban J connectivity index is 1.99. The van der Waals surface area contributed by atoms with Crippen LogP contribution >= 0.6 is 23.8 Å². The van der Waals surface area contributed by atoms with Crippen molar-refractivity contribution < 1.29 is 14.4 Å². The lowest BCUT2D eigenvalue weighted by atomic mass is 10.1. The Morgan fingerprint density at radius 2 is 1.71 bits per heavy atom. The number of hydrogen-bond acceptors (Lipinski definition) is 3. The van der Waals surface area contributed by atoms with Gasteiger partial charge in [-0.15, -0.1) is 0 Å². The third-order valence-electron chi connectivity index (χ3n) is 3.97. The van der Waals surface area contributed by atoms with Crippen molar-refractivity contribution in [3.63, 3.8) is 0 Å². The zero-order valence-corrected chi connectivity index (χ0v) is 16.9. The van der Waals surface area contributed by atoms with E-state index in [1.54, 1.807) is 16.7 Å². The molecule has 0 spiro atoms. The maximum Gasteiger partial charge on any atom is 0.288 e. The fourth-order valence-electron chi connectivity index (χ4n) is 2.67. The van der Waals surface area contributed by atoms with E-state index in [1.807, 2.05) is 73.9 Å². The molecule has 0 aliphatic rings. The average Bonchev–Trinajstić information content (AvgIpc) is 2.71. The van der Waals surface area contributed by atoms with Crippen molar-refractivity contribution >= 4 is 46.0 Å². The first kappa shape index (κ1) is 19.9. The quantitative estimate of drug-likeness (QED) is 0.248. The van der Waals surface area contributed by atoms with Gasteiger partial charge in [0.15, 0.2) is 17.4 Å². The van der Waals surface area contributed by atoms with Crippen molar-refractivity contribution in [1.82, 2.24) is 0 Å². The molecule has 0 unspecified atom stereocenters. The van der Waals surface area contributed by atoms with Crippen molar-refractivity contribution in [1.29, 1.82) is 0 Å². The number of rotatable bonds is 6. The van der Waals surface area contributed by atoms with Gasteiger partial charge in [0.2, 0.25) is 5.76 Å². The monoisotopic (exact) mass is 411 g/mol. The molecule has 0 aliphatic carbocycles. The molecule has 1 heterocycles. The summed E-state index contributed by atoms with van der Waals surface area (Å²) in [4.78, 5) is 0.359. The summed E-state index contributed by atoms with van der Waals surface area (Å²) in [6, 6.07) is 20.2. The number of halogens is 1. The molecule has 3 rings (SSSR count). The second-order valence-electron chi connectivity index (χ2n) is 5.87. The van der Waals surface area contributed by atoms with E-state index < -0.39 is 0 Å². The molecule has 28 heavy (non-hydrogen) atoms. The average molecular weight is 412 g/mol. The topological polar surface area (TPSA) is 45.4 Å². The maximum atomic E-state index is 11.0. The van der Waals surface area contributed by atoms with Crippen LogP contribution < -0.4 is 14.6 Å². The Morgan fingerprint density at radius 1 is 1.04 bits per heavy atom. The van der Waals surface area contributed by atoms with Gasteiger partial charge in [-0.25, -0.2) is 0 Å². The van der Waals surface area contributed by atoms with E-state index in [0.29, 0.717) is 27.9 Å². The molecule has 0 radical (unpaired) electrons. The molecule has 4 nitrogen and oxygen atoms in total. The number of aliphatic hydroxyl groups is 1. The van der Waals surface area contributed by atoms with Crippen molar-refractivity contribution in [2.45, 2.75) is 6.92 Å². The predicted molar refractivity (Wildman–Crippen MR) is 118 cm³/mol. The van der Waals surface area contributed by atoms with Gasteiger partial charge in [0.25, 0.3) is 5.70 Å². The van der Waals surface area contributed by atoms with Crippen LogP contribution in [0, 0.1) is 0 Å². The first-order valence-electron chi connectivity index (χ1n) is 8.79. The fourth-order valence-corrected chi connectivity index (χ4v) is 3.21. The van der Waals surface area contributed by atoms with Gasteiger partial charge in [-0.2, -0.15) is 4.57 Å². The standard InChI is InChI=1S/C22H19ClN2O2S/c1-2-27-17-12-10-16(11-13-17)24-22(28)20(25-14-6-3-7-15-25)21(26)18-8-4-5-9-19(18)23/h3-15H,2H2,1H3,(H-,24,26,28)/p+1. The van der Waals surface area contributed by atoms with E-state index in [1.165, 1.54) is 0 Å². The second kappa shape index (κ2) is 9.35. The zero-order chi connectivity index (χ0) is 19.9. The van der Waals surface area contributed by atoms with Gasteiger partial charge < -0.3 is 15.2 Å². The molecule has 0 aliphatic heterocycles. The van der Waals surface area contributed by atoms with Crippen LogP contribution in [0.1, 0.15) is 12.5 Å². The van der Waals surface area contributed by atoms with Gasteiger partial charge in [0.1, 0.15) is 5.75 Å². The van der Waals surface area contributed by atoms with E-state index >= 15 is 0 Å². The van der Waals surface area contributed by atoms with Crippen LogP contribution in [0.3, 0.4) is 0 Å². The van der Waals surface area contributed by atoms with Crippen LogP contribution in [-0.2, 0) is 0 Å². The van der Waals surface area contributed by atoms with E-state index in [4.69, 9.17) is 28.6 Å². The molecule has 142 valence electrons. The van der Waals surface area contributed by atoms with Crippen LogP contribution in [0.2, 0.25) is 5.02 Å². The van der Waals surface area contributed by atoms with E-state index in [9.17, 15) is 5.11 Å². The van der Waals surface area contributed by atoms with Crippen LogP contribution in [0.15, 0.2) is 79.1 Å². The largest absolute Gasteiger partial charge is 0.502 e. The van der Waals surface area contributed by atoms with E-state index in [-0.39, 0.29) is 5.76 Å². The summed E-state index contributed by atoms with van der Waals surface area (Å²) in [5, 5.41) is 14.6. The molecule has 0 atom stereocenters. The molecule has 0 bridgehead atoms. The summed E-state index contributed by atoms with van der Waals surface area (Å²) < 4.78 is 7.22. The smallest absolute Gasteiger partial charge is 0.288 e. The predicted octanol–water partition coefficient (Wildman–Crippen LogP) is 5.35. The van der Waals surface area contributed by atoms with Gasteiger partial charge in [-0.1, -0.05) is 42.0 Å². The zero-order valence-electron chi connectivity index (χ0n) is 15.3. The molecule has 2 N–H and O–H groups in total. The number of benzene rings is 2. The number of hydrogen-bond donors (Lipinski definition) is 2. The minimum atomic E-state index is -0.00904. The Bertz CT molecular complexity index is 989. The van der Waals surface area contributed by atoms with E-state index in [2.05, 4.69) is 5.32 Å². The number of aliphatic hydroxyl groups excluding tert-OH is 1. The molecular formula is C22H20ClN2O2S+. The lowest BCUT2D eigenvalue weighted by molar-refractivity contribution is -0.575. The van der Waals surface area contributed by atoms with Gasteiger partial charge in [0, 0.05) is 23.4 Å². The van der Waals surface area contributed by atoms with Crippen LogP contribution in [0.4, 0.5) is 5.69 Å². The third kappa shape index (κ3) is 4.68. The van der Waals surface area contributed by atoms with Gasteiger partial charge in [-0.05, 0) is 43.3 Å². The van der Waals surface area contributed by atoms with Crippen molar-refractivity contribution in [3.05, 3.63) is 89.7 Å². The molecule has 0 amide bonds. The van der Waals surface area contributed by atoms with Crippen LogP contribution in [0.5, 0.6) is 5.75 Å². The van der Waals surface area contributed by atoms with Crippen LogP contribution in [0.25, 0.3) is 11.5 Å². The minimum absolute atomic E-state index is 0.00904. The molecule has 0 fully saturated rings. The number of thiocarbonyl (C=S) groups is 1. The highest BCUT2D eigenvalue weighted by Gasteiger charge is 2.24. The fraction of sp³-hybridized carbons (Fsp3) is 0.0909. The Morgan fingerprint density at radius 3 is 2.36 bits per heavy atom.